The number of hydrogen-bond donors (Lipinski definition) is 3. The maximum atomic E-state index is 12.1. The van der Waals surface area contributed by atoms with Crippen molar-refractivity contribution in [2.45, 2.75) is 78.6 Å². The first kappa shape index (κ1) is 42.8. The van der Waals surface area contributed by atoms with E-state index in [4.69, 9.17) is 16.4 Å². The predicted molar refractivity (Wildman–Crippen MR) is 274 cm³/mol. The molecule has 8 bridgehead atoms. The Morgan fingerprint density at radius 3 is 0.938 bits per heavy atom. The molecule has 0 fully saturated rings. The molecule has 3 N–H and O–H groups in total. The summed E-state index contributed by atoms with van der Waals surface area (Å²) in [6, 6.07) is 43.0. The smallest absolute Gasteiger partial charge is 0.300 e. The minimum atomic E-state index is -0.497. The largest absolute Gasteiger partial charge is 0.354 e. The lowest BCUT2D eigenvalue weighted by molar-refractivity contribution is -0.111. The molecule has 65 heavy (non-hydrogen) atoms. The van der Waals surface area contributed by atoms with Crippen LogP contribution in [0.25, 0.3) is 90.9 Å². The standard InChI is InChI=1S/C59H55N5O/c1-11-52(65)60-43-26-18-39(19-27-43)56-50-34-32-48(63-50)54(37-14-22-41(23-15-37)58(5,6)7)46-30-28-44(61-46)53(36-12-20-40(21-13-36)57(2,3)4)45-29-31-47(62-45)55(49-33-35-51(56)64-49)38-16-24-42(25-17-38)59(8,9)10/h1,12-35,61,64H,2-10H3,(H,60,65). The van der Waals surface area contributed by atoms with E-state index in [1.165, 1.54) is 16.7 Å². The zero-order valence-corrected chi connectivity index (χ0v) is 38.7. The molecule has 0 saturated carbocycles. The SMILES string of the molecule is C#CC(=O)Nc1ccc(-c2c3nc(c(-c4ccc(C(C)(C)C)cc4)c4ccc([nH]4)c(-c4ccc(C(C)(C)C)cc4)c4nc(c(-c5ccc(C(C)(C)C)cc5)c5ccc2[nH]5)C=C4)C=C3)cc1. The first-order valence-corrected chi connectivity index (χ1v) is 22.3. The maximum Gasteiger partial charge on any atom is 0.300 e. The Hall–Kier alpha value is -7.49. The number of aromatic amines is 2. The summed E-state index contributed by atoms with van der Waals surface area (Å²) >= 11 is 0. The van der Waals surface area contributed by atoms with Crippen LogP contribution in [0.4, 0.5) is 5.69 Å². The fourth-order valence-electron chi connectivity index (χ4n) is 8.72. The Labute approximate surface area is 382 Å². The number of carbonyl (C=O) groups excluding carboxylic acids is 1. The molecule has 2 aliphatic heterocycles. The Balaban J connectivity index is 1.40. The van der Waals surface area contributed by atoms with Gasteiger partial charge in [-0.3, -0.25) is 4.79 Å². The normalized spacial score (nSPS) is 12.6. The maximum absolute atomic E-state index is 12.1. The number of carbonyl (C=O) groups is 1. The molecule has 6 heteroatoms. The molecule has 0 atom stereocenters. The zero-order chi connectivity index (χ0) is 45.8. The van der Waals surface area contributed by atoms with Crippen LogP contribution in [0.1, 0.15) is 102 Å². The monoisotopic (exact) mass is 849 g/mol. The molecule has 322 valence electrons. The second-order valence-electron chi connectivity index (χ2n) is 20.2. The number of aromatic nitrogens is 4. The molecule has 0 radical (unpaired) electrons. The van der Waals surface area contributed by atoms with Gasteiger partial charge in [-0.05, 0) is 122 Å². The molecule has 3 aromatic heterocycles. The van der Waals surface area contributed by atoms with E-state index in [9.17, 15) is 4.79 Å². The predicted octanol–water partition coefficient (Wildman–Crippen LogP) is 14.8. The van der Waals surface area contributed by atoms with E-state index in [2.05, 4.69) is 205 Å². The van der Waals surface area contributed by atoms with Gasteiger partial charge in [-0.1, -0.05) is 147 Å². The van der Waals surface area contributed by atoms with E-state index >= 15 is 0 Å². The highest BCUT2D eigenvalue weighted by Crippen LogP contribution is 2.40. The van der Waals surface area contributed by atoms with Gasteiger partial charge in [-0.25, -0.2) is 9.97 Å². The van der Waals surface area contributed by atoms with Crippen molar-refractivity contribution in [2.75, 3.05) is 5.32 Å². The van der Waals surface area contributed by atoms with Gasteiger partial charge in [-0.15, -0.1) is 6.42 Å². The van der Waals surface area contributed by atoms with Crippen molar-refractivity contribution in [3.63, 3.8) is 0 Å². The van der Waals surface area contributed by atoms with Crippen molar-refractivity contribution >= 4 is 58.0 Å². The Morgan fingerprint density at radius 2 is 0.692 bits per heavy atom. The molecule has 0 saturated heterocycles. The molecular formula is C59H55N5O. The van der Waals surface area contributed by atoms with Crippen molar-refractivity contribution in [1.82, 2.24) is 19.9 Å². The second kappa shape index (κ2) is 16.3. The summed E-state index contributed by atoms with van der Waals surface area (Å²) in [5.41, 5.74) is 19.5. The summed E-state index contributed by atoms with van der Waals surface area (Å²) in [7, 11) is 0. The first-order valence-electron chi connectivity index (χ1n) is 22.3. The van der Waals surface area contributed by atoms with Crippen LogP contribution in [-0.4, -0.2) is 25.8 Å². The van der Waals surface area contributed by atoms with Crippen LogP contribution in [0.15, 0.2) is 121 Å². The number of amides is 1. The highest BCUT2D eigenvalue weighted by Gasteiger charge is 2.22. The van der Waals surface area contributed by atoms with Crippen LogP contribution in [0.3, 0.4) is 0 Å². The molecule has 1 amide bonds. The zero-order valence-electron chi connectivity index (χ0n) is 38.7. The number of nitrogens with one attached hydrogen (secondary N) is 3. The van der Waals surface area contributed by atoms with E-state index < -0.39 is 5.91 Å². The lowest BCUT2D eigenvalue weighted by Crippen LogP contribution is -2.10. The minimum absolute atomic E-state index is 0.00207. The van der Waals surface area contributed by atoms with Gasteiger partial charge in [0.2, 0.25) is 0 Å². The van der Waals surface area contributed by atoms with E-state index in [1.54, 1.807) is 0 Å². The summed E-state index contributed by atoms with van der Waals surface area (Å²) < 4.78 is 0. The third-order valence-corrected chi connectivity index (χ3v) is 12.4. The number of rotatable bonds is 5. The average Bonchev–Trinajstić information content (AvgIpc) is 4.12. The van der Waals surface area contributed by atoms with Gasteiger partial charge >= 0.3 is 0 Å². The molecule has 0 unspecified atom stereocenters. The number of nitrogens with zero attached hydrogens (tertiary/aromatic N) is 2. The molecule has 2 aliphatic rings. The second-order valence-corrected chi connectivity index (χ2v) is 20.2. The van der Waals surface area contributed by atoms with Gasteiger partial charge < -0.3 is 15.3 Å². The Morgan fingerprint density at radius 1 is 0.431 bits per heavy atom. The Bertz CT molecular complexity index is 3200. The average molecular weight is 850 g/mol. The van der Waals surface area contributed by atoms with E-state index in [1.807, 2.05) is 24.3 Å². The highest BCUT2D eigenvalue weighted by molar-refractivity contribution is 6.04. The summed E-state index contributed by atoms with van der Waals surface area (Å²) in [6.07, 6.45) is 13.9. The van der Waals surface area contributed by atoms with Gasteiger partial charge in [0.05, 0.1) is 22.8 Å². The quantitative estimate of drug-likeness (QED) is 0.151. The molecule has 6 nitrogen and oxygen atoms in total. The summed E-state index contributed by atoms with van der Waals surface area (Å²) in [4.78, 5) is 30.8. The van der Waals surface area contributed by atoms with Crippen molar-refractivity contribution in [3.8, 4) is 56.9 Å². The molecule has 7 aromatic rings. The number of anilines is 1. The van der Waals surface area contributed by atoms with Gasteiger partial charge in [0.1, 0.15) is 0 Å². The topological polar surface area (TPSA) is 86.5 Å². The van der Waals surface area contributed by atoms with Crippen LogP contribution in [0, 0.1) is 12.3 Å². The lowest BCUT2D eigenvalue weighted by atomic mass is 9.86. The Kier molecular flexibility index (Phi) is 10.7. The van der Waals surface area contributed by atoms with E-state index in [0.717, 1.165) is 89.4 Å². The lowest BCUT2D eigenvalue weighted by Gasteiger charge is -2.19. The van der Waals surface area contributed by atoms with Crippen LogP contribution >= 0.6 is 0 Å². The number of benzene rings is 4. The molecule has 0 aliphatic carbocycles. The first-order chi connectivity index (χ1) is 30.9. The van der Waals surface area contributed by atoms with E-state index in [0.29, 0.717) is 5.69 Å². The molecule has 9 rings (SSSR count). The third-order valence-electron chi connectivity index (χ3n) is 12.4. The van der Waals surface area contributed by atoms with Crippen LogP contribution in [0.2, 0.25) is 0 Å². The summed E-state index contributed by atoms with van der Waals surface area (Å²) in [5.74, 6) is 1.64. The summed E-state index contributed by atoms with van der Waals surface area (Å²) in [5, 5.41) is 2.77. The molecule has 5 heterocycles. The van der Waals surface area contributed by atoms with Gasteiger partial charge in [0.25, 0.3) is 5.91 Å². The van der Waals surface area contributed by atoms with Crippen molar-refractivity contribution < 1.29 is 4.79 Å². The highest BCUT2D eigenvalue weighted by atomic mass is 16.1. The molecule has 4 aromatic carbocycles. The van der Waals surface area contributed by atoms with Crippen LogP contribution < -0.4 is 5.32 Å². The number of fused-ring (bicyclic) bond motifs is 8. The number of hydrogen-bond acceptors (Lipinski definition) is 3. The van der Waals surface area contributed by atoms with Crippen molar-refractivity contribution in [3.05, 3.63) is 161 Å². The summed E-state index contributed by atoms with van der Waals surface area (Å²) in [6.45, 7) is 20.2. The van der Waals surface area contributed by atoms with Crippen LogP contribution in [-0.2, 0) is 21.0 Å². The minimum Gasteiger partial charge on any atom is -0.354 e. The van der Waals surface area contributed by atoms with Gasteiger partial charge in [-0.2, -0.15) is 0 Å². The van der Waals surface area contributed by atoms with Crippen molar-refractivity contribution in [1.29, 1.82) is 0 Å². The fraction of sp³-hybridized carbons (Fsp3) is 0.203. The molecular weight excluding hydrogens is 795 g/mol. The number of terminal acetylenes is 1. The third kappa shape index (κ3) is 8.50. The van der Waals surface area contributed by atoms with Crippen LogP contribution in [0.5, 0.6) is 0 Å². The molecule has 0 spiro atoms. The fourth-order valence-corrected chi connectivity index (χ4v) is 8.72. The van der Waals surface area contributed by atoms with Gasteiger partial charge in [0, 0.05) is 50.0 Å². The van der Waals surface area contributed by atoms with E-state index in [-0.39, 0.29) is 16.2 Å². The number of H-pyrrole nitrogens is 2. The van der Waals surface area contributed by atoms with Gasteiger partial charge in [0.15, 0.2) is 0 Å². The van der Waals surface area contributed by atoms with Crippen molar-refractivity contribution in [2.24, 2.45) is 0 Å².